The number of ether oxygens (including phenoxy) is 2. The van der Waals surface area contributed by atoms with Gasteiger partial charge in [0, 0.05) is 5.82 Å². The molecule has 0 bridgehead atoms. The first-order valence-electron chi connectivity index (χ1n) is 8.20. The van der Waals surface area contributed by atoms with Crippen LogP contribution >= 0.6 is 0 Å². The first kappa shape index (κ1) is 18.8. The molecule has 0 spiro atoms. The maximum absolute atomic E-state index is 12.4. The van der Waals surface area contributed by atoms with E-state index in [0.717, 1.165) is 11.3 Å². The number of benzene rings is 1. The number of methoxy groups -OCH3 is 2. The van der Waals surface area contributed by atoms with Gasteiger partial charge < -0.3 is 18.8 Å². The van der Waals surface area contributed by atoms with E-state index in [4.69, 9.17) is 18.8 Å². The maximum atomic E-state index is 12.4. The van der Waals surface area contributed by atoms with Crippen LogP contribution in [0, 0.1) is 0 Å². The van der Waals surface area contributed by atoms with Gasteiger partial charge in [-0.1, -0.05) is 19.1 Å². The lowest BCUT2D eigenvalue weighted by atomic mass is 9.64. The first-order valence-corrected chi connectivity index (χ1v) is 8.20. The van der Waals surface area contributed by atoms with Crippen LogP contribution in [0.5, 0.6) is 5.75 Å². The first-order chi connectivity index (χ1) is 11.1. The van der Waals surface area contributed by atoms with Gasteiger partial charge in [-0.05, 0) is 45.4 Å². The van der Waals surface area contributed by atoms with Crippen LogP contribution in [0.4, 0.5) is 0 Å². The lowest BCUT2D eigenvalue weighted by molar-refractivity contribution is -0.142. The second-order valence-corrected chi connectivity index (χ2v) is 7.26. The highest BCUT2D eigenvalue weighted by atomic mass is 16.7. The van der Waals surface area contributed by atoms with Crippen molar-refractivity contribution in [1.29, 1.82) is 0 Å². The summed E-state index contributed by atoms with van der Waals surface area (Å²) in [7, 11) is 2.52. The molecule has 5 nitrogen and oxygen atoms in total. The predicted molar refractivity (Wildman–Crippen MR) is 93.3 cm³/mol. The Balaban J connectivity index is 2.29. The number of hydrogen-bond donors (Lipinski definition) is 0. The summed E-state index contributed by atoms with van der Waals surface area (Å²) in [6, 6.07) is 7.43. The van der Waals surface area contributed by atoms with Crippen molar-refractivity contribution in [3.05, 3.63) is 29.8 Å². The van der Waals surface area contributed by atoms with Gasteiger partial charge in [0.15, 0.2) is 0 Å². The second-order valence-electron chi connectivity index (χ2n) is 7.26. The molecule has 0 amide bonds. The van der Waals surface area contributed by atoms with Crippen LogP contribution in [0.15, 0.2) is 24.3 Å². The lowest BCUT2D eigenvalue weighted by Crippen LogP contribution is -2.41. The van der Waals surface area contributed by atoms with Gasteiger partial charge in [-0.25, -0.2) is 0 Å². The van der Waals surface area contributed by atoms with E-state index in [9.17, 15) is 4.79 Å². The normalized spacial score (nSPS) is 21.2. The molecular weight excluding hydrogens is 307 g/mol. The number of carbonyl (C=O) groups excluding carboxylic acids is 1. The van der Waals surface area contributed by atoms with Gasteiger partial charge in [0.05, 0.1) is 31.3 Å². The SMILES string of the molecule is COC(=O)C(c1ccc(OC)cc1)C(C)B1OC(C)(C)C(C)(C)O1. The van der Waals surface area contributed by atoms with Gasteiger partial charge in [-0.3, -0.25) is 4.79 Å². The molecule has 1 fully saturated rings. The van der Waals surface area contributed by atoms with Crippen molar-refractivity contribution in [2.45, 2.75) is 57.6 Å². The largest absolute Gasteiger partial charge is 0.497 e. The number of hydrogen-bond acceptors (Lipinski definition) is 5. The van der Waals surface area contributed by atoms with Crippen molar-refractivity contribution in [3.8, 4) is 5.75 Å². The Morgan fingerprint density at radius 2 is 1.54 bits per heavy atom. The van der Waals surface area contributed by atoms with Crippen molar-refractivity contribution in [3.63, 3.8) is 0 Å². The number of rotatable bonds is 5. The molecule has 1 aliphatic heterocycles. The molecule has 0 N–H and O–H groups in total. The van der Waals surface area contributed by atoms with E-state index in [0.29, 0.717) is 0 Å². The Morgan fingerprint density at radius 3 is 1.96 bits per heavy atom. The van der Waals surface area contributed by atoms with E-state index in [1.165, 1.54) is 7.11 Å². The van der Waals surface area contributed by atoms with Gasteiger partial charge in [0.1, 0.15) is 5.75 Å². The molecule has 2 unspecified atom stereocenters. The standard InChI is InChI=1S/C18H27BO5/c1-12(19-23-17(2,3)18(4,5)24-19)15(16(20)22-7)13-8-10-14(21-6)11-9-13/h8-12,15H,1-7H3. The Hall–Kier alpha value is -1.53. The van der Waals surface area contributed by atoms with E-state index in [2.05, 4.69) is 0 Å². The highest BCUT2D eigenvalue weighted by Gasteiger charge is 2.55. The fourth-order valence-corrected chi connectivity index (χ4v) is 2.85. The molecule has 1 aromatic carbocycles. The molecule has 6 heteroatoms. The summed E-state index contributed by atoms with van der Waals surface area (Å²) in [5.74, 6) is -0.240. The topological polar surface area (TPSA) is 54.0 Å². The zero-order valence-electron chi connectivity index (χ0n) is 15.6. The van der Waals surface area contributed by atoms with Crippen molar-refractivity contribution < 1.29 is 23.6 Å². The molecule has 0 aromatic heterocycles. The van der Waals surface area contributed by atoms with Crippen LogP contribution in [-0.4, -0.2) is 38.5 Å². The molecule has 0 radical (unpaired) electrons. The van der Waals surface area contributed by atoms with Crippen LogP contribution in [0.3, 0.4) is 0 Å². The molecule has 1 heterocycles. The van der Waals surface area contributed by atoms with Crippen LogP contribution < -0.4 is 4.74 Å². The lowest BCUT2D eigenvalue weighted by Gasteiger charge is -2.32. The van der Waals surface area contributed by atoms with Gasteiger partial charge in [0.25, 0.3) is 0 Å². The fourth-order valence-electron chi connectivity index (χ4n) is 2.85. The summed E-state index contributed by atoms with van der Waals surface area (Å²) in [6.07, 6.45) is 0. The molecule has 132 valence electrons. The quantitative estimate of drug-likeness (QED) is 0.610. The zero-order valence-corrected chi connectivity index (χ0v) is 15.6. The summed E-state index contributed by atoms with van der Waals surface area (Å²) in [4.78, 5) is 12.4. The highest BCUT2D eigenvalue weighted by molar-refractivity contribution is 6.48. The second kappa shape index (κ2) is 6.77. The summed E-state index contributed by atoms with van der Waals surface area (Å²) in [5, 5.41) is 0. The number of esters is 1. The van der Waals surface area contributed by atoms with Crippen molar-refractivity contribution in [2.75, 3.05) is 14.2 Å². The maximum Gasteiger partial charge on any atom is 0.462 e. The molecule has 2 atom stereocenters. The van der Waals surface area contributed by atoms with E-state index in [-0.39, 0.29) is 11.8 Å². The molecule has 1 aromatic rings. The van der Waals surface area contributed by atoms with Crippen LogP contribution in [0.25, 0.3) is 0 Å². The minimum Gasteiger partial charge on any atom is -0.497 e. The van der Waals surface area contributed by atoms with Crippen molar-refractivity contribution in [2.24, 2.45) is 0 Å². The molecule has 24 heavy (non-hydrogen) atoms. The average molecular weight is 334 g/mol. The average Bonchev–Trinajstić information content (AvgIpc) is 2.76. The van der Waals surface area contributed by atoms with Gasteiger partial charge >= 0.3 is 13.1 Å². The monoisotopic (exact) mass is 334 g/mol. The predicted octanol–water partition coefficient (Wildman–Crippen LogP) is 3.43. The minimum absolute atomic E-state index is 0.202. The molecule has 1 saturated heterocycles. The third kappa shape index (κ3) is 3.45. The van der Waals surface area contributed by atoms with E-state index in [1.54, 1.807) is 7.11 Å². The molecule has 1 aliphatic rings. The summed E-state index contributed by atoms with van der Waals surface area (Å²) in [5.41, 5.74) is -0.0243. The Morgan fingerprint density at radius 1 is 1.04 bits per heavy atom. The van der Waals surface area contributed by atoms with Gasteiger partial charge in [0.2, 0.25) is 0 Å². The summed E-state index contributed by atoms with van der Waals surface area (Å²) in [6.45, 7) is 9.95. The summed E-state index contributed by atoms with van der Waals surface area (Å²) < 4.78 is 22.4. The van der Waals surface area contributed by atoms with E-state index in [1.807, 2.05) is 58.9 Å². The van der Waals surface area contributed by atoms with Gasteiger partial charge in [-0.15, -0.1) is 0 Å². The van der Waals surface area contributed by atoms with Crippen molar-refractivity contribution in [1.82, 2.24) is 0 Å². The molecule has 2 rings (SSSR count). The highest BCUT2D eigenvalue weighted by Crippen LogP contribution is 2.44. The molecule has 0 saturated carbocycles. The molecular formula is C18H27BO5. The van der Waals surface area contributed by atoms with E-state index >= 15 is 0 Å². The zero-order chi connectivity index (χ0) is 18.1. The smallest absolute Gasteiger partial charge is 0.462 e. The Bertz CT molecular complexity index is 566. The van der Waals surface area contributed by atoms with Crippen molar-refractivity contribution >= 4 is 13.1 Å². The fraction of sp³-hybridized carbons (Fsp3) is 0.611. The van der Waals surface area contributed by atoms with Crippen LogP contribution in [0.2, 0.25) is 5.82 Å². The van der Waals surface area contributed by atoms with E-state index < -0.39 is 24.2 Å². The molecule has 0 aliphatic carbocycles. The van der Waals surface area contributed by atoms with Gasteiger partial charge in [-0.2, -0.15) is 0 Å². The van der Waals surface area contributed by atoms with Crippen LogP contribution in [0.1, 0.15) is 46.1 Å². The van der Waals surface area contributed by atoms with Crippen LogP contribution in [-0.2, 0) is 18.8 Å². The number of carbonyl (C=O) groups is 1. The summed E-state index contributed by atoms with van der Waals surface area (Å²) >= 11 is 0. The Labute approximate surface area is 144 Å². The third-order valence-corrected chi connectivity index (χ3v) is 5.16. The minimum atomic E-state index is -0.485. The Kier molecular flexibility index (Phi) is 5.30. The third-order valence-electron chi connectivity index (χ3n) is 5.16.